The number of nitrogens with zero attached hydrogens (tertiary/aromatic N) is 4. The van der Waals surface area contributed by atoms with E-state index in [1.54, 1.807) is 25.1 Å². The minimum Gasteiger partial charge on any atom is -0.481 e. The van der Waals surface area contributed by atoms with E-state index in [0.29, 0.717) is 11.1 Å². The van der Waals surface area contributed by atoms with E-state index in [2.05, 4.69) is 15.5 Å². The van der Waals surface area contributed by atoms with Gasteiger partial charge >= 0.3 is 5.97 Å². The molecule has 0 radical (unpaired) electrons. The van der Waals surface area contributed by atoms with E-state index in [4.69, 9.17) is 5.11 Å². The lowest BCUT2D eigenvalue weighted by Crippen LogP contribution is -2.18. The first kappa shape index (κ1) is 13.7. The van der Waals surface area contributed by atoms with Gasteiger partial charge in [0.25, 0.3) is 0 Å². The lowest BCUT2D eigenvalue weighted by molar-refractivity contribution is -0.138. The Morgan fingerprint density at radius 2 is 2.29 bits per heavy atom. The van der Waals surface area contributed by atoms with Crippen molar-refractivity contribution in [1.82, 2.24) is 20.2 Å². The van der Waals surface area contributed by atoms with E-state index < -0.39 is 5.97 Å². The van der Waals surface area contributed by atoms with Crippen LogP contribution in [-0.2, 0) is 4.79 Å². The topological polar surface area (TPSA) is 80.9 Å². The van der Waals surface area contributed by atoms with Crippen LogP contribution >= 0.6 is 0 Å². The number of carboxylic acids is 1. The number of rotatable bonds is 5. The fourth-order valence-corrected chi connectivity index (χ4v) is 2.53. The minimum atomic E-state index is -0.905. The molecule has 3 rings (SSSR count). The zero-order valence-electron chi connectivity index (χ0n) is 11.5. The van der Waals surface area contributed by atoms with Gasteiger partial charge in [-0.3, -0.25) is 4.79 Å². The van der Waals surface area contributed by atoms with Crippen LogP contribution in [0.2, 0.25) is 0 Å². The summed E-state index contributed by atoms with van der Waals surface area (Å²) >= 11 is 0. The zero-order valence-corrected chi connectivity index (χ0v) is 11.5. The van der Waals surface area contributed by atoms with Crippen molar-refractivity contribution in [2.75, 3.05) is 0 Å². The predicted molar refractivity (Wildman–Crippen MR) is 72.0 cm³/mol. The van der Waals surface area contributed by atoms with Gasteiger partial charge in [-0.05, 0) is 47.7 Å². The number of tetrazole rings is 1. The Bertz CT molecular complexity index is 681. The SMILES string of the molecule is Cc1cccc(-c2nnnn2C(CC(=O)O)C2CC2)c1F. The smallest absolute Gasteiger partial charge is 0.305 e. The predicted octanol–water partition coefficient (Wildman–Crippen LogP) is 2.21. The number of hydrogen-bond donors (Lipinski definition) is 1. The highest BCUT2D eigenvalue weighted by Gasteiger charge is 2.36. The third-order valence-corrected chi connectivity index (χ3v) is 3.79. The van der Waals surface area contributed by atoms with E-state index >= 15 is 0 Å². The number of carbonyl (C=O) groups is 1. The molecular formula is C14H15FN4O2. The first-order valence-corrected chi connectivity index (χ1v) is 6.83. The van der Waals surface area contributed by atoms with Crippen molar-refractivity contribution in [3.8, 4) is 11.4 Å². The average Bonchev–Trinajstić information content (AvgIpc) is 3.17. The van der Waals surface area contributed by atoms with Crippen LogP contribution in [-0.4, -0.2) is 31.3 Å². The van der Waals surface area contributed by atoms with Gasteiger partial charge in [-0.25, -0.2) is 9.07 Å². The molecule has 1 aromatic heterocycles. The maximum atomic E-state index is 14.3. The molecule has 1 saturated carbocycles. The van der Waals surface area contributed by atoms with Crippen LogP contribution < -0.4 is 0 Å². The van der Waals surface area contributed by atoms with E-state index in [0.717, 1.165) is 12.8 Å². The van der Waals surface area contributed by atoms with Crippen molar-refractivity contribution in [1.29, 1.82) is 0 Å². The summed E-state index contributed by atoms with van der Waals surface area (Å²) < 4.78 is 15.7. The van der Waals surface area contributed by atoms with Crippen LogP contribution in [0.15, 0.2) is 18.2 Å². The van der Waals surface area contributed by atoms with E-state index in [1.165, 1.54) is 4.68 Å². The van der Waals surface area contributed by atoms with Gasteiger partial charge in [0.2, 0.25) is 0 Å². The van der Waals surface area contributed by atoms with Crippen molar-refractivity contribution in [3.63, 3.8) is 0 Å². The van der Waals surface area contributed by atoms with Crippen LogP contribution in [0.3, 0.4) is 0 Å². The highest BCUT2D eigenvalue weighted by Crippen LogP contribution is 2.42. The molecule has 1 aromatic carbocycles. The molecule has 1 fully saturated rings. The monoisotopic (exact) mass is 290 g/mol. The number of aromatic nitrogens is 4. The summed E-state index contributed by atoms with van der Waals surface area (Å²) in [6.45, 7) is 1.67. The third kappa shape index (κ3) is 2.63. The largest absolute Gasteiger partial charge is 0.481 e. The van der Waals surface area contributed by atoms with Gasteiger partial charge in [-0.2, -0.15) is 0 Å². The molecule has 1 heterocycles. The summed E-state index contributed by atoms with van der Waals surface area (Å²) in [4.78, 5) is 11.0. The minimum absolute atomic E-state index is 0.0594. The van der Waals surface area contributed by atoms with Gasteiger partial charge in [0.15, 0.2) is 5.82 Å². The molecule has 0 saturated heterocycles. The Labute approximate surface area is 120 Å². The molecule has 1 N–H and O–H groups in total. The molecule has 7 heteroatoms. The number of carboxylic acid groups (broad SMARTS) is 1. The van der Waals surface area contributed by atoms with Crippen molar-refractivity contribution in [2.24, 2.45) is 5.92 Å². The molecule has 0 bridgehead atoms. The van der Waals surface area contributed by atoms with E-state index in [9.17, 15) is 9.18 Å². The summed E-state index contributed by atoms with van der Waals surface area (Å²) in [5.41, 5.74) is 0.805. The number of aryl methyl sites for hydroxylation is 1. The molecule has 0 aliphatic heterocycles. The molecule has 110 valence electrons. The Hall–Kier alpha value is -2.31. The normalized spacial score (nSPS) is 15.9. The Morgan fingerprint density at radius 1 is 1.52 bits per heavy atom. The zero-order chi connectivity index (χ0) is 15.0. The fourth-order valence-electron chi connectivity index (χ4n) is 2.53. The summed E-state index contributed by atoms with van der Waals surface area (Å²) in [5, 5.41) is 20.5. The molecule has 1 aliphatic carbocycles. The standard InChI is InChI=1S/C14H15FN4O2/c1-8-3-2-4-10(13(8)15)14-16-17-18-19(14)11(7-12(20)21)9-5-6-9/h2-4,9,11H,5-7H2,1H3,(H,20,21). The van der Waals surface area contributed by atoms with Gasteiger partial charge in [-0.15, -0.1) is 5.10 Å². The molecule has 1 aliphatic rings. The van der Waals surface area contributed by atoms with E-state index in [1.807, 2.05) is 0 Å². The van der Waals surface area contributed by atoms with Crippen molar-refractivity contribution >= 4 is 5.97 Å². The lowest BCUT2D eigenvalue weighted by atomic mass is 10.1. The van der Waals surface area contributed by atoms with Crippen LogP contribution in [0, 0.1) is 18.7 Å². The van der Waals surface area contributed by atoms with Gasteiger partial charge < -0.3 is 5.11 Å². The lowest BCUT2D eigenvalue weighted by Gasteiger charge is -2.16. The van der Waals surface area contributed by atoms with Gasteiger partial charge in [0.05, 0.1) is 18.0 Å². The highest BCUT2D eigenvalue weighted by atomic mass is 19.1. The first-order valence-electron chi connectivity index (χ1n) is 6.83. The van der Waals surface area contributed by atoms with E-state index in [-0.39, 0.29) is 30.0 Å². The molecule has 0 spiro atoms. The molecular weight excluding hydrogens is 275 g/mol. The van der Waals surface area contributed by atoms with Gasteiger partial charge in [-0.1, -0.05) is 12.1 Å². The van der Waals surface area contributed by atoms with Crippen LogP contribution in [0.5, 0.6) is 0 Å². The molecule has 0 amide bonds. The van der Waals surface area contributed by atoms with Crippen molar-refractivity contribution < 1.29 is 14.3 Å². The van der Waals surface area contributed by atoms with Crippen molar-refractivity contribution in [3.05, 3.63) is 29.6 Å². The fraction of sp³-hybridized carbons (Fsp3) is 0.429. The number of benzene rings is 1. The van der Waals surface area contributed by atoms with Crippen molar-refractivity contribution in [2.45, 2.75) is 32.2 Å². The highest BCUT2D eigenvalue weighted by molar-refractivity contribution is 5.67. The quantitative estimate of drug-likeness (QED) is 0.913. The molecule has 2 aromatic rings. The summed E-state index contributed by atoms with van der Waals surface area (Å²) in [7, 11) is 0. The third-order valence-electron chi connectivity index (χ3n) is 3.79. The second kappa shape index (κ2) is 5.23. The first-order chi connectivity index (χ1) is 10.1. The second-order valence-electron chi connectivity index (χ2n) is 5.39. The van der Waals surface area contributed by atoms with Crippen LogP contribution in [0.25, 0.3) is 11.4 Å². The maximum absolute atomic E-state index is 14.3. The molecule has 6 nitrogen and oxygen atoms in total. The Kier molecular flexibility index (Phi) is 3.40. The summed E-state index contributed by atoms with van der Waals surface area (Å²) in [5.74, 6) is -0.748. The summed E-state index contributed by atoms with van der Waals surface area (Å²) in [6, 6.07) is 4.68. The Morgan fingerprint density at radius 3 is 2.95 bits per heavy atom. The van der Waals surface area contributed by atoms with Gasteiger partial charge in [0, 0.05) is 0 Å². The molecule has 1 unspecified atom stereocenters. The number of aliphatic carboxylic acids is 1. The molecule has 21 heavy (non-hydrogen) atoms. The Balaban J connectivity index is 2.03. The average molecular weight is 290 g/mol. The maximum Gasteiger partial charge on any atom is 0.305 e. The summed E-state index contributed by atoms with van der Waals surface area (Å²) in [6.07, 6.45) is 1.84. The van der Waals surface area contributed by atoms with Gasteiger partial charge in [0.1, 0.15) is 5.82 Å². The number of hydrogen-bond acceptors (Lipinski definition) is 4. The number of halogens is 1. The second-order valence-corrected chi connectivity index (χ2v) is 5.39. The van der Waals surface area contributed by atoms with Crippen LogP contribution in [0.4, 0.5) is 4.39 Å². The molecule has 1 atom stereocenters. The van der Waals surface area contributed by atoms with Crippen LogP contribution in [0.1, 0.15) is 30.9 Å².